The number of hydrogen-bond acceptors (Lipinski definition) is 4. The normalized spacial score (nSPS) is 14.2. The zero-order chi connectivity index (χ0) is 24.0. The van der Waals surface area contributed by atoms with Gasteiger partial charge in [-0.05, 0) is 66.4 Å². The monoisotopic (exact) mass is 459 g/mol. The Kier molecular flexibility index (Phi) is 5.48. The second-order valence-corrected chi connectivity index (χ2v) is 9.34. The van der Waals surface area contributed by atoms with Crippen LogP contribution < -0.4 is 4.74 Å². The molecular weight excluding hydrogens is 433 g/mol. The number of hydrogen-bond donors (Lipinski definition) is 1. The van der Waals surface area contributed by atoms with Gasteiger partial charge in [-0.3, -0.25) is 4.98 Å². The molecule has 1 aliphatic rings. The summed E-state index contributed by atoms with van der Waals surface area (Å²) >= 11 is 0. The minimum Gasteiger partial charge on any atom is -0.493 e. The number of benzene rings is 3. The molecule has 0 spiro atoms. The molecule has 34 heavy (non-hydrogen) atoms. The van der Waals surface area contributed by atoms with E-state index in [1.54, 1.807) is 20.0 Å². The molecule has 0 fully saturated rings. The van der Waals surface area contributed by atoms with Crippen molar-refractivity contribution < 1.29 is 23.8 Å². The summed E-state index contributed by atoms with van der Waals surface area (Å²) in [7, 11) is 0. The Morgan fingerprint density at radius 3 is 2.79 bits per heavy atom. The first-order valence-electron chi connectivity index (χ1n) is 11.3. The average Bonchev–Trinajstić information content (AvgIpc) is 2.83. The lowest BCUT2D eigenvalue weighted by Gasteiger charge is -2.29. The quantitative estimate of drug-likeness (QED) is 0.372. The molecule has 0 amide bonds. The molecule has 3 aromatic carbocycles. The summed E-state index contributed by atoms with van der Waals surface area (Å²) in [6.07, 6.45) is 1.21. The van der Waals surface area contributed by atoms with E-state index >= 15 is 0 Å². The first kappa shape index (κ1) is 22.3. The van der Waals surface area contributed by atoms with Crippen molar-refractivity contribution in [1.29, 1.82) is 0 Å². The lowest BCUT2D eigenvalue weighted by atomic mass is 9.85. The Morgan fingerprint density at radius 1 is 1.24 bits per heavy atom. The highest BCUT2D eigenvalue weighted by Gasteiger charge is 2.34. The van der Waals surface area contributed by atoms with Gasteiger partial charge in [0.15, 0.2) is 6.10 Å². The Balaban J connectivity index is 1.88. The molecule has 5 nitrogen and oxygen atoms in total. The fraction of sp³-hybridized carbons (Fsp3) is 0.286. The number of carboxylic acids is 1. The summed E-state index contributed by atoms with van der Waals surface area (Å²) in [6, 6.07) is 15.7. The summed E-state index contributed by atoms with van der Waals surface area (Å²) in [5.74, 6) is -0.392. The highest BCUT2D eigenvalue weighted by molar-refractivity contribution is 6.08. The molecular formula is C28H26FNO4. The zero-order valence-electron chi connectivity index (χ0n) is 19.4. The molecule has 0 unspecified atom stereocenters. The van der Waals surface area contributed by atoms with Gasteiger partial charge < -0.3 is 14.6 Å². The largest absolute Gasteiger partial charge is 0.493 e. The third-order valence-electron chi connectivity index (χ3n) is 6.38. The van der Waals surface area contributed by atoms with Gasteiger partial charge in [0, 0.05) is 29.1 Å². The van der Waals surface area contributed by atoms with E-state index in [0.29, 0.717) is 12.2 Å². The van der Waals surface area contributed by atoms with Gasteiger partial charge in [0.25, 0.3) is 0 Å². The summed E-state index contributed by atoms with van der Waals surface area (Å²) in [5.41, 5.74) is 3.44. The number of aliphatic carboxylic acids is 1. The summed E-state index contributed by atoms with van der Waals surface area (Å²) in [5, 5.41) is 13.0. The molecule has 4 aromatic rings. The van der Waals surface area contributed by atoms with Gasteiger partial charge in [-0.15, -0.1) is 0 Å². The number of rotatable bonds is 6. The number of fused-ring (bicyclic) bond motifs is 1. The Labute approximate surface area is 197 Å². The van der Waals surface area contributed by atoms with Gasteiger partial charge >= 0.3 is 5.97 Å². The van der Waals surface area contributed by atoms with Crippen LogP contribution >= 0.6 is 0 Å². The standard InChI is InChI=1S/C28H26FNO4/c1-16-14-18-6-4-5-7-19(18)24(22(16)26(27(31)32)34-28(2,3)15-29)20-8-9-21-23-17(11-13-33-21)10-12-30-25(20)23/h4-10,12,14,26H,11,13,15H2,1-3H3,(H,31,32)/t26-/m1/s1. The van der Waals surface area contributed by atoms with Crippen LogP contribution in [-0.4, -0.2) is 34.9 Å². The summed E-state index contributed by atoms with van der Waals surface area (Å²) < 4.78 is 25.5. The molecule has 1 aliphatic heterocycles. The molecule has 0 saturated carbocycles. The van der Waals surface area contributed by atoms with E-state index in [1.807, 2.05) is 55.5 Å². The summed E-state index contributed by atoms with van der Waals surface area (Å²) in [4.78, 5) is 17.2. The SMILES string of the molecule is Cc1cc2ccccc2c(-c2ccc3c4c(ccnc24)CCO3)c1[C@@H](OC(C)(C)CF)C(=O)O. The number of carboxylic acid groups (broad SMARTS) is 1. The second kappa shape index (κ2) is 8.37. The van der Waals surface area contributed by atoms with Crippen LogP contribution in [0.15, 0.2) is 54.7 Å². The first-order chi connectivity index (χ1) is 16.3. The molecule has 0 aliphatic carbocycles. The minimum absolute atomic E-state index is 0.506. The molecule has 6 heteroatoms. The number of carbonyl (C=O) groups is 1. The van der Waals surface area contributed by atoms with Crippen molar-refractivity contribution in [3.05, 3.63) is 71.4 Å². The van der Waals surface area contributed by atoms with Gasteiger partial charge in [-0.25, -0.2) is 9.18 Å². The lowest BCUT2D eigenvalue weighted by Crippen LogP contribution is -2.33. The first-order valence-corrected chi connectivity index (χ1v) is 11.3. The predicted octanol–water partition coefficient (Wildman–Crippen LogP) is 6.19. The maximum atomic E-state index is 13.7. The van der Waals surface area contributed by atoms with Crippen LogP contribution in [0.3, 0.4) is 0 Å². The number of aromatic nitrogens is 1. The number of ether oxygens (including phenoxy) is 2. The molecule has 2 heterocycles. The van der Waals surface area contributed by atoms with Crippen molar-refractivity contribution in [2.75, 3.05) is 13.3 Å². The molecule has 0 saturated heterocycles. The fourth-order valence-electron chi connectivity index (χ4n) is 4.82. The van der Waals surface area contributed by atoms with Crippen LogP contribution in [0.5, 0.6) is 5.75 Å². The van der Waals surface area contributed by atoms with E-state index in [1.165, 1.54) is 0 Å². The van der Waals surface area contributed by atoms with E-state index in [-0.39, 0.29) is 0 Å². The van der Waals surface area contributed by atoms with Gasteiger partial charge in [-0.1, -0.05) is 30.3 Å². The number of nitrogens with zero attached hydrogens (tertiary/aromatic N) is 1. The molecule has 5 rings (SSSR count). The van der Waals surface area contributed by atoms with Crippen molar-refractivity contribution in [3.63, 3.8) is 0 Å². The average molecular weight is 460 g/mol. The van der Waals surface area contributed by atoms with Gasteiger partial charge in [0.2, 0.25) is 0 Å². The van der Waals surface area contributed by atoms with Gasteiger partial charge in [-0.2, -0.15) is 0 Å². The predicted molar refractivity (Wildman–Crippen MR) is 130 cm³/mol. The molecule has 0 bridgehead atoms. The Morgan fingerprint density at radius 2 is 2.03 bits per heavy atom. The fourth-order valence-corrected chi connectivity index (χ4v) is 4.82. The maximum Gasteiger partial charge on any atom is 0.337 e. The highest BCUT2D eigenvalue weighted by Crippen LogP contribution is 2.45. The number of pyridine rings is 1. The van der Waals surface area contributed by atoms with Crippen LogP contribution in [0.25, 0.3) is 32.8 Å². The van der Waals surface area contributed by atoms with E-state index in [4.69, 9.17) is 14.5 Å². The third-order valence-corrected chi connectivity index (χ3v) is 6.38. The van der Waals surface area contributed by atoms with Crippen LogP contribution in [-0.2, 0) is 16.0 Å². The number of aryl methyl sites for hydroxylation is 1. The van der Waals surface area contributed by atoms with E-state index in [2.05, 4.69) is 0 Å². The number of alkyl halides is 1. The molecule has 1 aromatic heterocycles. The van der Waals surface area contributed by atoms with Gasteiger partial charge in [0.1, 0.15) is 12.4 Å². The van der Waals surface area contributed by atoms with E-state index in [0.717, 1.165) is 56.1 Å². The van der Waals surface area contributed by atoms with Crippen molar-refractivity contribution in [2.24, 2.45) is 0 Å². The van der Waals surface area contributed by atoms with Crippen LogP contribution in [0.4, 0.5) is 4.39 Å². The smallest absolute Gasteiger partial charge is 0.337 e. The molecule has 1 atom stereocenters. The Bertz CT molecular complexity index is 1420. The van der Waals surface area contributed by atoms with Crippen molar-refractivity contribution in [2.45, 2.75) is 38.9 Å². The van der Waals surface area contributed by atoms with Crippen LogP contribution in [0.1, 0.15) is 36.6 Å². The molecule has 174 valence electrons. The topological polar surface area (TPSA) is 68.7 Å². The molecule has 1 N–H and O–H groups in total. The van der Waals surface area contributed by atoms with Crippen molar-refractivity contribution in [3.8, 4) is 16.9 Å². The summed E-state index contributed by atoms with van der Waals surface area (Å²) in [6.45, 7) is 4.78. The third kappa shape index (κ3) is 3.68. The number of halogens is 1. The van der Waals surface area contributed by atoms with E-state index in [9.17, 15) is 14.3 Å². The van der Waals surface area contributed by atoms with Crippen LogP contribution in [0, 0.1) is 6.92 Å². The minimum atomic E-state index is -1.35. The zero-order valence-corrected chi connectivity index (χ0v) is 19.4. The van der Waals surface area contributed by atoms with Crippen molar-refractivity contribution >= 4 is 27.6 Å². The van der Waals surface area contributed by atoms with Gasteiger partial charge in [0.05, 0.1) is 17.7 Å². The molecule has 0 radical (unpaired) electrons. The van der Waals surface area contributed by atoms with E-state index < -0.39 is 24.3 Å². The van der Waals surface area contributed by atoms with Crippen LogP contribution in [0.2, 0.25) is 0 Å². The highest BCUT2D eigenvalue weighted by atomic mass is 19.1. The Hall–Kier alpha value is -3.51. The lowest BCUT2D eigenvalue weighted by molar-refractivity contribution is -0.163. The van der Waals surface area contributed by atoms with Crippen molar-refractivity contribution in [1.82, 2.24) is 4.98 Å². The second-order valence-electron chi connectivity index (χ2n) is 9.34. The maximum absolute atomic E-state index is 13.7.